The molecule has 19 heavy (non-hydrogen) atoms. The number of aliphatic hydroxyl groups excluding tert-OH is 1. The molecule has 0 heterocycles. The van der Waals surface area contributed by atoms with E-state index < -0.39 is 53.2 Å². The van der Waals surface area contributed by atoms with Crippen LogP contribution in [0.3, 0.4) is 0 Å². The summed E-state index contributed by atoms with van der Waals surface area (Å²) >= 11 is -4.00. The van der Waals surface area contributed by atoms with Crippen molar-refractivity contribution in [3.63, 3.8) is 0 Å². The summed E-state index contributed by atoms with van der Waals surface area (Å²) in [6, 6.07) is 0. The third kappa shape index (κ3) is 3.21. The molecule has 0 aromatic carbocycles. The highest BCUT2D eigenvalue weighted by Crippen LogP contribution is 2.54. The number of hydrogen-bond acceptors (Lipinski definition) is 2. The molecule has 1 atom stereocenters. The Morgan fingerprint density at radius 1 is 0.842 bits per heavy atom. The lowest BCUT2D eigenvalue weighted by Crippen LogP contribution is -2.63. The molecule has 116 valence electrons. The number of halogens is 9. The molecule has 0 aromatic heterocycles. The first-order valence-corrected chi connectivity index (χ1v) is 5.75. The minimum atomic E-state index is -7.04. The predicted molar refractivity (Wildman–Crippen MR) is 45.6 cm³/mol. The average Bonchev–Trinajstić information content (AvgIpc) is 2.23. The van der Waals surface area contributed by atoms with Gasteiger partial charge in [0.25, 0.3) is 0 Å². The van der Waals surface area contributed by atoms with Gasteiger partial charge in [-0.05, 0) is 0 Å². The van der Waals surface area contributed by atoms with Gasteiger partial charge in [-0.15, -0.1) is 8.78 Å². The molecule has 0 aliphatic carbocycles. The van der Waals surface area contributed by atoms with Gasteiger partial charge in [0, 0.05) is 24.2 Å². The first-order chi connectivity index (χ1) is 8.23. The highest BCUT2D eigenvalue weighted by molar-refractivity contribution is 7.92. The summed E-state index contributed by atoms with van der Waals surface area (Å²) in [6.45, 7) is -0.872. The molecule has 0 bridgehead atoms. The van der Waals surface area contributed by atoms with E-state index in [1.54, 1.807) is 0 Å². The predicted octanol–water partition coefficient (Wildman–Crippen LogP) is 2.54. The molecule has 0 aliphatic rings. The van der Waals surface area contributed by atoms with Crippen LogP contribution >= 0.6 is 0 Å². The van der Waals surface area contributed by atoms with Gasteiger partial charge < -0.3 is 9.66 Å². The molecule has 1 unspecified atom stereocenters. The Bertz CT molecular complexity index is 303. The van der Waals surface area contributed by atoms with E-state index in [0.717, 1.165) is 0 Å². The van der Waals surface area contributed by atoms with Crippen LogP contribution in [-0.4, -0.2) is 45.3 Å². The normalized spacial score (nSPS) is 16.6. The zero-order valence-electron chi connectivity index (χ0n) is 8.79. The highest BCUT2D eigenvalue weighted by Gasteiger charge is 2.86. The van der Waals surface area contributed by atoms with Gasteiger partial charge in [-0.1, -0.05) is 0 Å². The van der Waals surface area contributed by atoms with Crippen molar-refractivity contribution in [3.8, 4) is 0 Å². The summed E-state index contributed by atoms with van der Waals surface area (Å²) < 4.78 is 121. The lowest BCUT2D eigenvalue weighted by molar-refractivity contribution is -0.382. The molecule has 0 saturated carbocycles. The van der Waals surface area contributed by atoms with E-state index in [0.29, 0.717) is 0 Å². The smallest absolute Gasteiger partial charge is 0.477 e. The number of alkyl halides is 9. The Morgan fingerprint density at radius 3 is 1.58 bits per heavy atom. The fourth-order valence-corrected chi connectivity index (χ4v) is 1.89. The molecule has 0 saturated heterocycles. The van der Waals surface area contributed by atoms with Crippen molar-refractivity contribution in [3.05, 3.63) is 0 Å². The van der Waals surface area contributed by atoms with E-state index >= 15 is 0 Å². The number of hydrogen-bond donors (Lipinski definition) is 1. The van der Waals surface area contributed by atoms with Crippen molar-refractivity contribution in [1.82, 2.24) is 0 Å². The van der Waals surface area contributed by atoms with Gasteiger partial charge in [0.05, 0.1) is 0 Å². The summed E-state index contributed by atoms with van der Waals surface area (Å²) in [5, 5.41) is 2.08. The van der Waals surface area contributed by atoms with Crippen molar-refractivity contribution in [2.75, 3.05) is 12.4 Å². The fourth-order valence-electron chi connectivity index (χ4n) is 0.828. The quantitative estimate of drug-likeness (QED) is 0.602. The van der Waals surface area contributed by atoms with Crippen molar-refractivity contribution in [1.29, 1.82) is 0 Å². The third-order valence-corrected chi connectivity index (χ3v) is 3.38. The van der Waals surface area contributed by atoms with E-state index in [2.05, 4.69) is 0 Å². The van der Waals surface area contributed by atoms with Crippen LogP contribution in [-0.2, 0) is 11.2 Å². The van der Waals surface area contributed by atoms with Gasteiger partial charge >= 0.3 is 23.3 Å². The molecule has 12 heteroatoms. The van der Waals surface area contributed by atoms with Gasteiger partial charge in [-0.3, -0.25) is 0 Å². The van der Waals surface area contributed by atoms with Crippen molar-refractivity contribution >= 4 is 11.2 Å². The Morgan fingerprint density at radius 2 is 1.26 bits per heavy atom. The molecule has 1 N–H and O–H groups in total. The van der Waals surface area contributed by atoms with Crippen LogP contribution in [0, 0.1) is 0 Å². The molecule has 0 aromatic rings. The summed E-state index contributed by atoms with van der Waals surface area (Å²) in [5.41, 5.74) is 0. The van der Waals surface area contributed by atoms with Crippen molar-refractivity contribution in [2.45, 2.75) is 29.7 Å². The maximum absolute atomic E-state index is 12.8. The second-order valence-corrected chi connectivity index (χ2v) is 4.90. The van der Waals surface area contributed by atoms with E-state index in [1.165, 1.54) is 0 Å². The lowest BCUT2D eigenvalue weighted by atomic mass is 10.1. The SMILES string of the molecule is [O-][S+](CCCO)C(F)(F)C(F)(F)C(F)(F)C(F)(F)F. The van der Waals surface area contributed by atoms with E-state index in [-0.39, 0.29) is 0 Å². The van der Waals surface area contributed by atoms with Gasteiger partial charge in [0.1, 0.15) is 5.75 Å². The largest absolute Gasteiger partial charge is 0.611 e. The summed E-state index contributed by atoms with van der Waals surface area (Å²) in [7, 11) is 0. The maximum atomic E-state index is 12.8. The van der Waals surface area contributed by atoms with E-state index in [1.807, 2.05) is 0 Å². The second-order valence-electron chi connectivity index (χ2n) is 3.29. The van der Waals surface area contributed by atoms with Crippen LogP contribution in [0.5, 0.6) is 0 Å². The molecular formula is C7H7F9O2S. The van der Waals surface area contributed by atoms with E-state index in [4.69, 9.17) is 5.11 Å². The van der Waals surface area contributed by atoms with Gasteiger partial charge in [0.2, 0.25) is 0 Å². The van der Waals surface area contributed by atoms with Crippen LogP contribution in [0.15, 0.2) is 0 Å². The molecule has 0 radical (unpaired) electrons. The molecule has 0 fully saturated rings. The zero-order valence-corrected chi connectivity index (χ0v) is 9.60. The molecule has 0 aliphatic heterocycles. The summed E-state index contributed by atoms with van der Waals surface area (Å²) in [6.07, 6.45) is -7.66. The first-order valence-electron chi connectivity index (χ1n) is 4.43. The molecule has 0 spiro atoms. The Balaban J connectivity index is 5.38. The molecule has 2 nitrogen and oxygen atoms in total. The van der Waals surface area contributed by atoms with Gasteiger partial charge in [-0.2, -0.15) is 30.7 Å². The van der Waals surface area contributed by atoms with Crippen LogP contribution in [0.1, 0.15) is 6.42 Å². The Kier molecular flexibility index (Phi) is 5.45. The summed E-state index contributed by atoms with van der Waals surface area (Å²) in [5.74, 6) is -15.3. The van der Waals surface area contributed by atoms with Gasteiger partial charge in [-0.25, -0.2) is 0 Å². The van der Waals surface area contributed by atoms with Crippen molar-refractivity contribution < 1.29 is 49.2 Å². The minimum absolute atomic E-state index is 0.726. The minimum Gasteiger partial charge on any atom is -0.611 e. The standard InChI is InChI=1S/C7H7F9O2S/c8-4(9,6(12,13)14)5(10,11)7(15,16)19(18)3-1-2-17/h17H,1-3H2. The van der Waals surface area contributed by atoms with Crippen LogP contribution in [0.25, 0.3) is 0 Å². The van der Waals surface area contributed by atoms with Crippen molar-refractivity contribution in [2.24, 2.45) is 0 Å². The summed E-state index contributed by atoms with van der Waals surface area (Å²) in [4.78, 5) is 0. The molecule has 0 rings (SSSR count). The van der Waals surface area contributed by atoms with Crippen LogP contribution in [0.4, 0.5) is 39.5 Å². The van der Waals surface area contributed by atoms with E-state index in [9.17, 15) is 44.1 Å². The second kappa shape index (κ2) is 5.56. The highest BCUT2D eigenvalue weighted by atomic mass is 32.2. The lowest BCUT2D eigenvalue weighted by Gasteiger charge is -2.33. The molecular weight excluding hydrogens is 319 g/mol. The van der Waals surface area contributed by atoms with Gasteiger partial charge in [0.15, 0.2) is 0 Å². The Labute approximate surface area is 103 Å². The number of aliphatic hydroxyl groups is 1. The average molecular weight is 326 g/mol. The first kappa shape index (κ1) is 18.6. The van der Waals surface area contributed by atoms with Crippen LogP contribution < -0.4 is 0 Å². The number of rotatable bonds is 6. The fraction of sp³-hybridized carbons (Fsp3) is 1.00. The molecule has 0 amide bonds. The maximum Gasteiger partial charge on any atom is 0.477 e. The zero-order chi connectivity index (χ0) is 15.7. The monoisotopic (exact) mass is 326 g/mol. The van der Waals surface area contributed by atoms with Crippen LogP contribution in [0.2, 0.25) is 0 Å². The third-order valence-electron chi connectivity index (χ3n) is 1.89. The topological polar surface area (TPSA) is 43.3 Å². The Hall–Kier alpha value is -0.360.